The second-order valence-corrected chi connectivity index (χ2v) is 3.40. The van der Waals surface area contributed by atoms with Gasteiger partial charge in [0.25, 0.3) is 0 Å². The minimum absolute atomic E-state index is 0.416. The molecule has 0 bridgehead atoms. The Bertz CT molecular complexity index is 468. The number of hydrogen-bond acceptors (Lipinski definition) is 1. The van der Waals surface area contributed by atoms with Crippen molar-refractivity contribution in [3.63, 3.8) is 0 Å². The summed E-state index contributed by atoms with van der Waals surface area (Å²) in [4.78, 5) is 0. The van der Waals surface area contributed by atoms with E-state index < -0.39 is 6.10 Å². The van der Waals surface area contributed by atoms with Crippen molar-refractivity contribution in [1.29, 1.82) is 0 Å². The molecular formula is C12H9O+. The smallest absolute Gasteiger partial charge is 0.156 e. The fourth-order valence-electron chi connectivity index (χ4n) is 2.05. The lowest BCUT2D eigenvalue weighted by Crippen LogP contribution is -1.89. The summed E-state index contributed by atoms with van der Waals surface area (Å²) in [5, 5.41) is 12.1. The number of aliphatic hydroxyl groups excluding tert-OH is 1. The predicted octanol–water partition coefficient (Wildman–Crippen LogP) is 2.44. The normalized spacial score (nSPS) is 19.0. The molecule has 1 atom stereocenters. The zero-order valence-electron chi connectivity index (χ0n) is 7.07. The van der Waals surface area contributed by atoms with Gasteiger partial charge in [0.2, 0.25) is 0 Å². The van der Waals surface area contributed by atoms with Gasteiger partial charge in [-0.05, 0) is 24.3 Å². The molecule has 0 radical (unpaired) electrons. The lowest BCUT2D eigenvalue weighted by atomic mass is 10.1. The fourth-order valence-corrected chi connectivity index (χ4v) is 2.05. The Morgan fingerprint density at radius 2 is 1.85 bits per heavy atom. The average molecular weight is 169 g/mol. The van der Waals surface area contributed by atoms with Gasteiger partial charge in [-0.1, -0.05) is 6.07 Å². The van der Waals surface area contributed by atoms with E-state index in [-0.39, 0.29) is 0 Å². The van der Waals surface area contributed by atoms with Gasteiger partial charge in [0.1, 0.15) is 5.56 Å². The van der Waals surface area contributed by atoms with Crippen LogP contribution in [0.5, 0.6) is 0 Å². The first kappa shape index (κ1) is 6.98. The number of hydrogen-bond donors (Lipinski definition) is 1. The highest BCUT2D eigenvalue weighted by Crippen LogP contribution is 2.37. The third-order valence-corrected chi connectivity index (χ3v) is 2.63. The number of aliphatic hydroxyl groups is 1. The van der Waals surface area contributed by atoms with Crippen LogP contribution in [0.1, 0.15) is 17.2 Å². The largest absolute Gasteiger partial charge is 0.371 e. The molecule has 1 nitrogen and oxygen atoms in total. The molecule has 3 rings (SSSR count). The van der Waals surface area contributed by atoms with Gasteiger partial charge >= 0.3 is 0 Å². The topological polar surface area (TPSA) is 20.2 Å². The molecule has 0 saturated carbocycles. The van der Waals surface area contributed by atoms with Crippen LogP contribution in [-0.2, 0) is 0 Å². The van der Waals surface area contributed by atoms with Gasteiger partial charge in [0, 0.05) is 11.5 Å². The van der Waals surface area contributed by atoms with E-state index in [0.717, 1.165) is 11.1 Å². The standard InChI is InChI=1S/C12H9O/c13-11-7-9-5-1-3-8-4-2-6-10(11)12(8)9/h1-7,11,13H/q+1. The summed E-state index contributed by atoms with van der Waals surface area (Å²) in [5.74, 6) is 0. The summed E-state index contributed by atoms with van der Waals surface area (Å²) < 4.78 is 0. The van der Waals surface area contributed by atoms with E-state index in [1.807, 2.05) is 30.7 Å². The van der Waals surface area contributed by atoms with Crippen molar-refractivity contribution in [2.45, 2.75) is 6.10 Å². The maximum absolute atomic E-state index is 9.71. The lowest BCUT2D eigenvalue weighted by Gasteiger charge is -1.96. The van der Waals surface area contributed by atoms with Gasteiger partial charge in [-0.2, -0.15) is 0 Å². The predicted molar refractivity (Wildman–Crippen MR) is 52.3 cm³/mol. The zero-order valence-corrected chi connectivity index (χ0v) is 7.07. The number of rotatable bonds is 0. The van der Waals surface area contributed by atoms with Crippen LogP contribution in [0.3, 0.4) is 0 Å². The van der Waals surface area contributed by atoms with E-state index >= 15 is 0 Å². The van der Waals surface area contributed by atoms with Crippen LogP contribution in [0.2, 0.25) is 0 Å². The summed E-state index contributed by atoms with van der Waals surface area (Å²) in [7, 11) is 0. The minimum atomic E-state index is -0.416. The first-order chi connectivity index (χ1) is 6.36. The van der Waals surface area contributed by atoms with Gasteiger partial charge in [-0.25, -0.2) is 0 Å². The highest BCUT2D eigenvalue weighted by Gasteiger charge is 2.29. The van der Waals surface area contributed by atoms with Crippen molar-refractivity contribution in [2.75, 3.05) is 0 Å². The molecule has 0 aliphatic heterocycles. The van der Waals surface area contributed by atoms with Crippen molar-refractivity contribution in [3.8, 4) is 0 Å². The molecule has 0 fully saturated rings. The van der Waals surface area contributed by atoms with Crippen LogP contribution in [0.25, 0.3) is 10.8 Å². The molecule has 1 heteroatoms. The molecule has 2 aromatic carbocycles. The molecule has 0 spiro atoms. The quantitative estimate of drug-likeness (QED) is 0.600. The van der Waals surface area contributed by atoms with Crippen LogP contribution in [0.4, 0.5) is 0 Å². The van der Waals surface area contributed by atoms with Crippen LogP contribution >= 0.6 is 0 Å². The summed E-state index contributed by atoms with van der Waals surface area (Å²) in [6.07, 6.45) is 1.48. The van der Waals surface area contributed by atoms with E-state index in [1.165, 1.54) is 10.8 Å². The Morgan fingerprint density at radius 3 is 2.69 bits per heavy atom. The van der Waals surface area contributed by atoms with E-state index in [4.69, 9.17) is 0 Å². The Labute approximate surface area is 76.6 Å². The van der Waals surface area contributed by atoms with Crippen molar-refractivity contribution in [1.82, 2.24) is 0 Å². The highest BCUT2D eigenvalue weighted by atomic mass is 16.3. The van der Waals surface area contributed by atoms with Crippen molar-refractivity contribution in [3.05, 3.63) is 53.9 Å². The van der Waals surface area contributed by atoms with Gasteiger partial charge < -0.3 is 5.11 Å². The summed E-state index contributed by atoms with van der Waals surface area (Å²) >= 11 is 0. The maximum Gasteiger partial charge on any atom is 0.156 e. The number of benzene rings is 2. The van der Waals surface area contributed by atoms with Gasteiger partial charge in [0.05, 0.1) is 17.4 Å². The second kappa shape index (κ2) is 2.27. The SMILES string of the molecule is OC1[CH+]c2cccc3cccc1c23. The molecule has 13 heavy (non-hydrogen) atoms. The minimum Gasteiger partial charge on any atom is -0.371 e. The van der Waals surface area contributed by atoms with Crippen LogP contribution in [0, 0.1) is 6.42 Å². The Morgan fingerprint density at radius 1 is 1.08 bits per heavy atom. The first-order valence-corrected chi connectivity index (χ1v) is 4.41. The molecule has 0 saturated heterocycles. The van der Waals surface area contributed by atoms with Crippen LogP contribution < -0.4 is 0 Å². The van der Waals surface area contributed by atoms with Crippen LogP contribution in [0.15, 0.2) is 36.4 Å². The molecule has 0 aromatic heterocycles. The Hall–Kier alpha value is -1.47. The molecule has 0 amide bonds. The maximum atomic E-state index is 9.71. The zero-order chi connectivity index (χ0) is 8.84. The van der Waals surface area contributed by atoms with Crippen LogP contribution in [-0.4, -0.2) is 5.11 Å². The third-order valence-electron chi connectivity index (χ3n) is 2.63. The fraction of sp³-hybridized carbons (Fsp3) is 0.0833. The van der Waals surface area contributed by atoms with E-state index in [0.29, 0.717) is 0 Å². The molecule has 1 unspecified atom stereocenters. The van der Waals surface area contributed by atoms with E-state index in [1.54, 1.807) is 0 Å². The van der Waals surface area contributed by atoms with Crippen molar-refractivity contribution in [2.24, 2.45) is 0 Å². The molecule has 62 valence electrons. The molecule has 2 aromatic rings. The van der Waals surface area contributed by atoms with E-state index in [9.17, 15) is 5.11 Å². The molecule has 1 N–H and O–H groups in total. The average Bonchev–Trinajstić information content (AvgIpc) is 2.47. The van der Waals surface area contributed by atoms with Crippen molar-refractivity contribution < 1.29 is 5.11 Å². The first-order valence-electron chi connectivity index (χ1n) is 4.41. The summed E-state index contributed by atoms with van der Waals surface area (Å²) in [6, 6.07) is 12.2. The van der Waals surface area contributed by atoms with Gasteiger partial charge in [-0.3, -0.25) is 0 Å². The summed E-state index contributed by atoms with van der Waals surface area (Å²) in [5.41, 5.74) is 2.19. The Kier molecular flexibility index (Phi) is 1.22. The van der Waals surface area contributed by atoms with Gasteiger partial charge in [-0.15, -0.1) is 0 Å². The van der Waals surface area contributed by atoms with E-state index in [2.05, 4.69) is 12.1 Å². The molecular weight excluding hydrogens is 160 g/mol. The lowest BCUT2D eigenvalue weighted by molar-refractivity contribution is 0.221. The second-order valence-electron chi connectivity index (χ2n) is 3.40. The van der Waals surface area contributed by atoms with Crippen molar-refractivity contribution >= 4 is 10.8 Å². The summed E-state index contributed by atoms with van der Waals surface area (Å²) in [6.45, 7) is 0. The third kappa shape index (κ3) is 0.822. The highest BCUT2D eigenvalue weighted by molar-refractivity contribution is 5.92. The molecule has 0 heterocycles. The van der Waals surface area contributed by atoms with Gasteiger partial charge in [0.15, 0.2) is 6.10 Å². The monoisotopic (exact) mass is 169 g/mol. The Balaban J connectivity index is 2.51. The molecule has 1 aliphatic rings. The molecule has 1 aliphatic carbocycles.